The quantitative estimate of drug-likeness (QED) is 0.368. The topological polar surface area (TPSA) is 27.7 Å². The molecule has 0 heterocycles. The summed E-state index contributed by atoms with van der Waals surface area (Å²) in [4.78, 5) is 0. The summed E-state index contributed by atoms with van der Waals surface area (Å²) in [7, 11) is 3.97. The number of unbranched alkanes of at least 4 members (excludes halogenated alkanes) is 1. The molecule has 4 heteroatoms. The van der Waals surface area contributed by atoms with Crippen molar-refractivity contribution >= 4 is 7.28 Å². The van der Waals surface area contributed by atoms with Crippen molar-refractivity contribution in [1.29, 1.82) is 0 Å². The van der Waals surface area contributed by atoms with Crippen LogP contribution in [0.5, 0.6) is 0 Å². The zero-order chi connectivity index (χ0) is 11.2. The molecule has 0 spiro atoms. The Bertz CT molecular complexity index is 100. The zero-order valence-electron chi connectivity index (χ0n) is 10.2. The molecule has 0 atom stereocenters. The summed E-state index contributed by atoms with van der Waals surface area (Å²) < 4.78 is 15.5. The van der Waals surface area contributed by atoms with Crippen molar-refractivity contribution in [3.05, 3.63) is 0 Å². The van der Waals surface area contributed by atoms with Crippen molar-refractivity contribution in [2.75, 3.05) is 40.1 Å². The normalized spacial score (nSPS) is 10.5. The summed E-state index contributed by atoms with van der Waals surface area (Å²) in [6, 6.07) is 0. The second-order valence-electron chi connectivity index (χ2n) is 3.44. The number of hydrogen-bond acceptors (Lipinski definition) is 3. The van der Waals surface area contributed by atoms with Gasteiger partial charge >= 0.3 is 0 Å². The summed E-state index contributed by atoms with van der Waals surface area (Å²) in [6.45, 7) is 5.69. The van der Waals surface area contributed by atoms with Gasteiger partial charge in [-0.3, -0.25) is 0 Å². The van der Waals surface area contributed by atoms with Crippen molar-refractivity contribution in [2.24, 2.45) is 0 Å². The maximum Gasteiger partial charge on any atom is 0.112 e. The summed E-state index contributed by atoms with van der Waals surface area (Å²) in [5.41, 5.74) is 0. The van der Waals surface area contributed by atoms with Crippen LogP contribution in [0, 0.1) is 0 Å². The van der Waals surface area contributed by atoms with E-state index in [9.17, 15) is 0 Å². The Morgan fingerprint density at radius 2 is 1.53 bits per heavy atom. The smallest absolute Gasteiger partial charge is 0.112 e. The fraction of sp³-hybridized carbons (Fsp3) is 1.00. The maximum absolute atomic E-state index is 5.40. The van der Waals surface area contributed by atoms with Crippen LogP contribution in [0.1, 0.15) is 19.8 Å². The van der Waals surface area contributed by atoms with E-state index < -0.39 is 0 Å². The third-order valence-electron chi connectivity index (χ3n) is 2.03. The first-order valence-corrected chi connectivity index (χ1v) is 5.88. The number of methoxy groups -OCH3 is 1. The predicted molar refractivity (Wildman–Crippen MR) is 63.8 cm³/mol. The molecule has 0 bridgehead atoms. The van der Waals surface area contributed by atoms with Gasteiger partial charge in [0.15, 0.2) is 0 Å². The van der Waals surface area contributed by atoms with Gasteiger partial charge in [0.1, 0.15) is 7.28 Å². The van der Waals surface area contributed by atoms with Crippen LogP contribution in [0.25, 0.3) is 0 Å². The molecular weight excluding hydrogens is 191 g/mol. The Labute approximate surface area is 94.7 Å². The molecule has 0 fully saturated rings. The highest BCUT2D eigenvalue weighted by molar-refractivity contribution is 6.35. The summed E-state index contributed by atoms with van der Waals surface area (Å²) >= 11 is 0. The molecule has 0 aromatic rings. The molecule has 0 unspecified atom stereocenters. The van der Waals surface area contributed by atoms with Gasteiger partial charge in [-0.2, -0.15) is 0 Å². The standard InChI is InChI=1S/C11H24BO3/c1-3-4-5-12-6-7-14-10-11-15-9-8-13-2/h3-11H2,1-2H3. The van der Waals surface area contributed by atoms with Crippen LogP contribution in [0.3, 0.4) is 0 Å². The van der Waals surface area contributed by atoms with Gasteiger partial charge in [0.2, 0.25) is 0 Å². The Balaban J connectivity index is 2.81. The lowest BCUT2D eigenvalue weighted by Gasteiger charge is -2.04. The number of hydrogen-bond donors (Lipinski definition) is 0. The van der Waals surface area contributed by atoms with Crippen molar-refractivity contribution in [3.8, 4) is 0 Å². The molecule has 1 radical (unpaired) electrons. The van der Waals surface area contributed by atoms with E-state index >= 15 is 0 Å². The largest absolute Gasteiger partial charge is 0.382 e. The minimum Gasteiger partial charge on any atom is -0.382 e. The van der Waals surface area contributed by atoms with E-state index in [0.717, 1.165) is 12.9 Å². The molecule has 15 heavy (non-hydrogen) atoms. The third kappa shape index (κ3) is 13.9. The van der Waals surface area contributed by atoms with Crippen molar-refractivity contribution in [3.63, 3.8) is 0 Å². The molecule has 0 saturated heterocycles. The van der Waals surface area contributed by atoms with Crippen LogP contribution < -0.4 is 0 Å². The fourth-order valence-electron chi connectivity index (χ4n) is 1.12. The van der Waals surface area contributed by atoms with Gasteiger partial charge in [-0.15, -0.1) is 0 Å². The molecule has 89 valence electrons. The lowest BCUT2D eigenvalue weighted by atomic mass is 9.70. The first-order valence-electron chi connectivity index (χ1n) is 5.88. The van der Waals surface area contributed by atoms with E-state index in [1.807, 2.05) is 0 Å². The summed E-state index contributed by atoms with van der Waals surface area (Å²) in [6.07, 6.45) is 4.83. The lowest BCUT2D eigenvalue weighted by Crippen LogP contribution is -2.09. The second kappa shape index (κ2) is 13.9. The maximum atomic E-state index is 5.40. The second-order valence-corrected chi connectivity index (χ2v) is 3.44. The molecule has 0 aliphatic rings. The first kappa shape index (κ1) is 14.9. The van der Waals surface area contributed by atoms with Crippen LogP contribution in [0.2, 0.25) is 12.6 Å². The van der Waals surface area contributed by atoms with Crippen LogP contribution in [-0.4, -0.2) is 47.4 Å². The van der Waals surface area contributed by atoms with E-state index in [0.29, 0.717) is 26.4 Å². The van der Waals surface area contributed by atoms with Gasteiger partial charge in [0, 0.05) is 13.7 Å². The fourth-order valence-corrected chi connectivity index (χ4v) is 1.12. The van der Waals surface area contributed by atoms with Crippen molar-refractivity contribution in [1.82, 2.24) is 0 Å². The molecule has 3 nitrogen and oxygen atoms in total. The SMILES string of the molecule is CCCC[B]CCOCCOCCOC. The Kier molecular flexibility index (Phi) is 13.9. The van der Waals surface area contributed by atoms with Gasteiger partial charge in [-0.1, -0.05) is 32.4 Å². The third-order valence-corrected chi connectivity index (χ3v) is 2.03. The van der Waals surface area contributed by atoms with Crippen LogP contribution in [0.15, 0.2) is 0 Å². The Hall–Kier alpha value is -0.0551. The van der Waals surface area contributed by atoms with E-state index in [2.05, 4.69) is 14.2 Å². The molecule has 0 aliphatic carbocycles. The van der Waals surface area contributed by atoms with Gasteiger partial charge < -0.3 is 14.2 Å². The highest BCUT2D eigenvalue weighted by Crippen LogP contribution is 1.96. The van der Waals surface area contributed by atoms with Crippen molar-refractivity contribution in [2.45, 2.75) is 32.4 Å². The van der Waals surface area contributed by atoms with Crippen LogP contribution >= 0.6 is 0 Å². The Morgan fingerprint density at radius 1 is 0.867 bits per heavy atom. The summed E-state index contributed by atoms with van der Waals surface area (Å²) in [5.74, 6) is 0. The van der Waals surface area contributed by atoms with E-state index in [1.165, 1.54) is 19.2 Å². The predicted octanol–water partition coefficient (Wildman–Crippen LogP) is 2.01. The Morgan fingerprint density at radius 3 is 2.20 bits per heavy atom. The minimum absolute atomic E-state index is 0.655. The minimum atomic E-state index is 0.655. The molecular formula is C11H24BO3. The lowest BCUT2D eigenvalue weighted by molar-refractivity contribution is 0.0280. The average Bonchev–Trinajstić information content (AvgIpc) is 2.26. The molecule has 0 aromatic carbocycles. The molecule has 0 aliphatic heterocycles. The van der Waals surface area contributed by atoms with E-state index in [-0.39, 0.29) is 0 Å². The van der Waals surface area contributed by atoms with Gasteiger partial charge in [-0.25, -0.2) is 0 Å². The monoisotopic (exact) mass is 215 g/mol. The molecule has 0 amide bonds. The number of rotatable bonds is 12. The molecule has 0 rings (SSSR count). The van der Waals surface area contributed by atoms with Gasteiger partial charge in [0.25, 0.3) is 0 Å². The molecule has 0 N–H and O–H groups in total. The average molecular weight is 215 g/mol. The van der Waals surface area contributed by atoms with Gasteiger partial charge in [0.05, 0.1) is 26.4 Å². The van der Waals surface area contributed by atoms with Gasteiger partial charge in [-0.05, 0) is 0 Å². The first-order chi connectivity index (χ1) is 7.41. The van der Waals surface area contributed by atoms with E-state index in [4.69, 9.17) is 14.2 Å². The highest BCUT2D eigenvalue weighted by Gasteiger charge is 1.92. The summed E-state index contributed by atoms with van der Waals surface area (Å²) in [5, 5.41) is 0. The molecule has 0 saturated carbocycles. The van der Waals surface area contributed by atoms with Crippen LogP contribution in [-0.2, 0) is 14.2 Å². The zero-order valence-corrected chi connectivity index (χ0v) is 10.2. The number of ether oxygens (including phenoxy) is 3. The highest BCUT2D eigenvalue weighted by atomic mass is 16.5. The van der Waals surface area contributed by atoms with E-state index in [1.54, 1.807) is 7.11 Å². The van der Waals surface area contributed by atoms with Crippen molar-refractivity contribution < 1.29 is 14.2 Å². The molecule has 0 aromatic heterocycles. The van der Waals surface area contributed by atoms with Crippen LogP contribution in [0.4, 0.5) is 0 Å².